The number of likely N-dealkylation sites (N-methyl/N-ethyl adjacent to an activating group) is 1. The Morgan fingerprint density at radius 3 is 2.29 bits per heavy atom. The van der Waals surface area contributed by atoms with E-state index < -0.39 is 23.3 Å². The molecule has 0 aliphatic carbocycles. The fourth-order valence-corrected chi connectivity index (χ4v) is 5.44. The molecule has 2 aromatic rings. The van der Waals surface area contributed by atoms with Crippen LogP contribution >= 0.6 is 23.2 Å². The number of rotatable bonds is 5. The van der Waals surface area contributed by atoms with Gasteiger partial charge in [-0.05, 0) is 53.8 Å². The Kier molecular flexibility index (Phi) is 6.72. The first kappa shape index (κ1) is 23.6. The van der Waals surface area contributed by atoms with E-state index >= 15 is 0 Å². The van der Waals surface area contributed by atoms with Gasteiger partial charge in [0.25, 0.3) is 0 Å². The fourth-order valence-electron chi connectivity index (χ4n) is 5.11. The van der Waals surface area contributed by atoms with Crippen molar-refractivity contribution < 1.29 is 9.90 Å². The number of nitrogens with zero attached hydrogens (tertiary/aromatic N) is 2. The lowest BCUT2D eigenvalue weighted by atomic mass is 9.63. The summed E-state index contributed by atoms with van der Waals surface area (Å²) in [6.07, 6.45) is 0.665. The third-order valence-electron chi connectivity index (χ3n) is 6.23. The summed E-state index contributed by atoms with van der Waals surface area (Å²) in [6.45, 7) is 8.83. The van der Waals surface area contributed by atoms with E-state index in [-0.39, 0.29) is 11.5 Å². The van der Waals surface area contributed by atoms with Crippen LogP contribution in [0.2, 0.25) is 10.0 Å². The van der Waals surface area contributed by atoms with Crippen LogP contribution in [0.4, 0.5) is 0 Å². The number of carboxylic acid groups (broad SMARTS) is 1. The second kappa shape index (κ2) is 8.82. The van der Waals surface area contributed by atoms with Crippen LogP contribution in [0.5, 0.6) is 0 Å². The summed E-state index contributed by atoms with van der Waals surface area (Å²) in [5.41, 5.74) is 0.340. The van der Waals surface area contributed by atoms with Gasteiger partial charge in [0.1, 0.15) is 11.5 Å². The van der Waals surface area contributed by atoms with Crippen molar-refractivity contribution in [3.8, 4) is 6.07 Å². The summed E-state index contributed by atoms with van der Waals surface area (Å²) in [5, 5.41) is 22.2. The van der Waals surface area contributed by atoms with Crippen molar-refractivity contribution in [1.29, 1.82) is 5.26 Å². The van der Waals surface area contributed by atoms with E-state index in [9.17, 15) is 15.2 Å². The monoisotopic (exact) mass is 458 g/mol. The molecular weight excluding hydrogens is 431 g/mol. The molecule has 0 unspecified atom stereocenters. The van der Waals surface area contributed by atoms with E-state index in [0.29, 0.717) is 23.0 Å². The number of nitriles is 1. The lowest BCUT2D eigenvalue weighted by Crippen LogP contribution is -2.46. The average Bonchev–Trinajstić information content (AvgIpc) is 2.97. The molecule has 1 fully saturated rings. The maximum absolute atomic E-state index is 12.6. The molecule has 1 saturated heterocycles. The van der Waals surface area contributed by atoms with Crippen LogP contribution in [0.25, 0.3) is 0 Å². The Hall–Kier alpha value is -2.06. The minimum absolute atomic E-state index is 0.112. The zero-order valence-corrected chi connectivity index (χ0v) is 19.8. The van der Waals surface area contributed by atoms with E-state index in [1.807, 2.05) is 36.1 Å². The van der Waals surface area contributed by atoms with Crippen molar-refractivity contribution in [3.05, 3.63) is 69.7 Å². The van der Waals surface area contributed by atoms with E-state index in [1.54, 1.807) is 24.3 Å². The summed E-state index contributed by atoms with van der Waals surface area (Å²) in [4.78, 5) is 14.6. The van der Waals surface area contributed by atoms with Gasteiger partial charge in [-0.2, -0.15) is 5.26 Å². The van der Waals surface area contributed by atoms with Gasteiger partial charge in [0, 0.05) is 22.0 Å². The second-order valence-corrected chi connectivity index (χ2v) is 10.3. The predicted molar refractivity (Wildman–Crippen MR) is 125 cm³/mol. The van der Waals surface area contributed by atoms with Crippen LogP contribution in [0.3, 0.4) is 0 Å². The molecule has 1 aliphatic heterocycles. The second-order valence-electron chi connectivity index (χ2n) is 9.41. The molecule has 1 heterocycles. The number of hydrogen-bond acceptors (Lipinski definition) is 3. The highest BCUT2D eigenvalue weighted by Gasteiger charge is 2.63. The molecule has 0 spiro atoms. The maximum atomic E-state index is 12.6. The van der Waals surface area contributed by atoms with Crippen molar-refractivity contribution in [1.82, 2.24) is 4.90 Å². The van der Waals surface area contributed by atoms with Crippen molar-refractivity contribution in [2.75, 3.05) is 6.54 Å². The van der Waals surface area contributed by atoms with E-state index in [2.05, 4.69) is 26.8 Å². The minimum Gasteiger partial charge on any atom is -0.480 e. The number of benzene rings is 2. The summed E-state index contributed by atoms with van der Waals surface area (Å²) in [7, 11) is 0. The van der Waals surface area contributed by atoms with Crippen molar-refractivity contribution in [3.63, 3.8) is 0 Å². The minimum atomic E-state index is -1.08. The van der Waals surface area contributed by atoms with Gasteiger partial charge in [-0.15, -0.1) is 0 Å². The molecule has 2 aromatic carbocycles. The number of hydrogen-bond donors (Lipinski definition) is 1. The molecule has 0 amide bonds. The number of carboxylic acids is 1. The van der Waals surface area contributed by atoms with Crippen LogP contribution in [-0.2, 0) is 10.2 Å². The first-order chi connectivity index (χ1) is 14.5. The van der Waals surface area contributed by atoms with Crippen LogP contribution in [-0.4, -0.2) is 34.6 Å². The van der Waals surface area contributed by atoms with Gasteiger partial charge in [0.15, 0.2) is 0 Å². The van der Waals surface area contributed by atoms with Gasteiger partial charge in [-0.25, -0.2) is 0 Å². The SMILES string of the molecule is CCN1[C@@H](CC(C)(C)C)[C@](C#N)(c2ccc(Cl)cc2)[C@@H](c2cccc(Cl)c2)[C@@H]1C(=O)O. The van der Waals surface area contributed by atoms with Crippen molar-refractivity contribution in [2.24, 2.45) is 5.41 Å². The first-order valence-corrected chi connectivity index (χ1v) is 11.2. The number of aliphatic carboxylic acids is 1. The Labute approximate surface area is 194 Å². The molecule has 164 valence electrons. The van der Waals surface area contributed by atoms with Crippen LogP contribution in [0.1, 0.15) is 51.2 Å². The molecule has 3 rings (SSSR count). The zero-order chi connectivity index (χ0) is 23.0. The normalized spacial score (nSPS) is 26.5. The molecule has 4 nitrogen and oxygen atoms in total. The van der Waals surface area contributed by atoms with Gasteiger partial charge < -0.3 is 5.11 Å². The largest absolute Gasteiger partial charge is 0.480 e. The topological polar surface area (TPSA) is 64.3 Å². The van der Waals surface area contributed by atoms with Gasteiger partial charge in [0.2, 0.25) is 0 Å². The Bertz CT molecular complexity index is 994. The van der Waals surface area contributed by atoms with Crippen LogP contribution < -0.4 is 0 Å². The van der Waals surface area contributed by atoms with Crippen molar-refractivity contribution in [2.45, 2.75) is 57.5 Å². The molecule has 31 heavy (non-hydrogen) atoms. The maximum Gasteiger partial charge on any atom is 0.321 e. The molecule has 1 aliphatic rings. The molecule has 0 radical (unpaired) electrons. The smallest absolute Gasteiger partial charge is 0.321 e. The van der Waals surface area contributed by atoms with Gasteiger partial charge in [0.05, 0.1) is 6.07 Å². The number of carbonyl (C=O) groups is 1. The van der Waals surface area contributed by atoms with Crippen LogP contribution in [0, 0.1) is 16.7 Å². The fraction of sp³-hybridized carbons (Fsp3) is 0.440. The van der Waals surface area contributed by atoms with E-state index in [0.717, 1.165) is 11.1 Å². The summed E-state index contributed by atoms with van der Waals surface area (Å²) < 4.78 is 0. The van der Waals surface area contributed by atoms with E-state index in [1.165, 1.54) is 0 Å². The average molecular weight is 459 g/mol. The van der Waals surface area contributed by atoms with Gasteiger partial charge in [-0.1, -0.05) is 75.2 Å². The lowest BCUT2D eigenvalue weighted by molar-refractivity contribution is -0.143. The Morgan fingerprint density at radius 1 is 1.16 bits per heavy atom. The van der Waals surface area contributed by atoms with Crippen molar-refractivity contribution >= 4 is 29.2 Å². The highest BCUT2D eigenvalue weighted by Crippen LogP contribution is 2.55. The van der Waals surface area contributed by atoms with E-state index in [4.69, 9.17) is 23.2 Å². The predicted octanol–water partition coefficient (Wildman–Crippen LogP) is 6.13. The molecule has 0 saturated carbocycles. The number of halogens is 2. The van der Waals surface area contributed by atoms with Gasteiger partial charge >= 0.3 is 5.97 Å². The first-order valence-electron chi connectivity index (χ1n) is 10.5. The van der Waals surface area contributed by atoms with Crippen LogP contribution in [0.15, 0.2) is 48.5 Å². The Morgan fingerprint density at radius 2 is 1.81 bits per heavy atom. The molecule has 4 atom stereocenters. The standard InChI is InChI=1S/C25H28Cl2N2O2/c1-5-29-20(14-24(2,3)4)25(15-28,17-9-11-18(26)12-10-17)21(22(29)23(30)31)16-7-6-8-19(27)13-16/h6-13,20-22H,5,14H2,1-4H3,(H,30,31)/t20-,21-,22+,25-/m0/s1. The summed E-state index contributed by atoms with van der Waals surface area (Å²) in [6, 6.07) is 15.9. The zero-order valence-electron chi connectivity index (χ0n) is 18.3. The lowest BCUT2D eigenvalue weighted by Gasteiger charge is -2.39. The molecular formula is C25H28Cl2N2O2. The third-order valence-corrected chi connectivity index (χ3v) is 6.72. The summed E-state index contributed by atoms with van der Waals surface area (Å²) >= 11 is 12.5. The summed E-state index contributed by atoms with van der Waals surface area (Å²) in [5.74, 6) is -1.53. The molecule has 0 aromatic heterocycles. The highest BCUT2D eigenvalue weighted by molar-refractivity contribution is 6.30. The van der Waals surface area contributed by atoms with Gasteiger partial charge in [-0.3, -0.25) is 9.69 Å². The highest BCUT2D eigenvalue weighted by atomic mass is 35.5. The molecule has 0 bridgehead atoms. The molecule has 6 heteroatoms. The molecule has 1 N–H and O–H groups in total. The number of likely N-dealkylation sites (tertiary alicyclic amines) is 1. The third kappa shape index (κ3) is 4.32. The Balaban J connectivity index is 2.37. The quantitative estimate of drug-likeness (QED) is 0.584.